The van der Waals surface area contributed by atoms with Crippen molar-refractivity contribution in [2.75, 3.05) is 26.2 Å². The standard InChI is InChI=1S/C19H24F2N2O2/c20-15-4-3-13(17(21)12-15)2-1-8-23-9-5-14(6-10-23)18-16(19(22)24)7-11-25-18/h1-4,12,14,16,18H,5-11H2,(H2,22,24)/b2-1+/t16-,18+/m0/s1. The van der Waals surface area contributed by atoms with Crippen molar-refractivity contribution >= 4 is 12.0 Å². The molecule has 0 aliphatic carbocycles. The Morgan fingerprint density at radius 3 is 2.72 bits per heavy atom. The van der Waals surface area contributed by atoms with Crippen molar-refractivity contribution in [1.29, 1.82) is 0 Å². The lowest BCUT2D eigenvalue weighted by Crippen LogP contribution is -2.42. The van der Waals surface area contributed by atoms with Gasteiger partial charge in [0.05, 0.1) is 12.0 Å². The number of hydrogen-bond donors (Lipinski definition) is 1. The van der Waals surface area contributed by atoms with Crippen LogP contribution in [0.4, 0.5) is 8.78 Å². The molecule has 0 bridgehead atoms. The summed E-state index contributed by atoms with van der Waals surface area (Å²) < 4.78 is 32.2. The molecular weight excluding hydrogens is 326 g/mol. The van der Waals surface area contributed by atoms with E-state index in [1.165, 1.54) is 12.1 Å². The molecule has 2 atom stereocenters. The highest BCUT2D eigenvalue weighted by Gasteiger charge is 2.39. The van der Waals surface area contributed by atoms with Crippen LogP contribution in [0.2, 0.25) is 0 Å². The monoisotopic (exact) mass is 350 g/mol. The second-order valence-corrected chi connectivity index (χ2v) is 6.84. The second-order valence-electron chi connectivity index (χ2n) is 6.84. The fourth-order valence-corrected chi connectivity index (χ4v) is 3.81. The summed E-state index contributed by atoms with van der Waals surface area (Å²) in [6.07, 6.45) is 6.20. The van der Waals surface area contributed by atoms with Gasteiger partial charge in [-0.1, -0.05) is 12.2 Å². The molecule has 2 fully saturated rings. The molecule has 2 aliphatic heterocycles. The van der Waals surface area contributed by atoms with Gasteiger partial charge in [-0.15, -0.1) is 0 Å². The van der Waals surface area contributed by atoms with Crippen LogP contribution in [0.25, 0.3) is 6.08 Å². The molecule has 2 saturated heterocycles. The van der Waals surface area contributed by atoms with E-state index < -0.39 is 11.6 Å². The summed E-state index contributed by atoms with van der Waals surface area (Å²) in [6.45, 7) is 3.15. The maximum atomic E-state index is 13.6. The topological polar surface area (TPSA) is 55.6 Å². The number of ether oxygens (including phenoxy) is 1. The lowest BCUT2D eigenvalue weighted by molar-refractivity contribution is -0.124. The highest BCUT2D eigenvalue weighted by Crippen LogP contribution is 2.32. The van der Waals surface area contributed by atoms with Gasteiger partial charge >= 0.3 is 0 Å². The minimum absolute atomic E-state index is 0.0384. The van der Waals surface area contributed by atoms with Crippen LogP contribution in [0.1, 0.15) is 24.8 Å². The maximum absolute atomic E-state index is 13.6. The third-order valence-corrected chi connectivity index (χ3v) is 5.22. The Labute approximate surface area is 146 Å². The van der Waals surface area contributed by atoms with Crippen LogP contribution in [0.15, 0.2) is 24.3 Å². The van der Waals surface area contributed by atoms with Crippen LogP contribution in [0, 0.1) is 23.5 Å². The van der Waals surface area contributed by atoms with Gasteiger partial charge in [0.25, 0.3) is 0 Å². The predicted molar refractivity (Wildman–Crippen MR) is 91.6 cm³/mol. The third-order valence-electron chi connectivity index (χ3n) is 5.22. The lowest BCUT2D eigenvalue weighted by Gasteiger charge is -2.35. The third kappa shape index (κ3) is 4.44. The number of benzene rings is 1. The van der Waals surface area contributed by atoms with Crippen LogP contribution in [-0.2, 0) is 9.53 Å². The smallest absolute Gasteiger partial charge is 0.223 e. The molecule has 2 aliphatic rings. The van der Waals surface area contributed by atoms with Crippen molar-refractivity contribution < 1.29 is 18.3 Å². The molecule has 0 radical (unpaired) electrons. The Kier molecular flexibility index (Phi) is 5.81. The summed E-state index contributed by atoms with van der Waals surface area (Å²) in [5, 5.41) is 0. The number of nitrogens with zero attached hydrogens (tertiary/aromatic N) is 1. The van der Waals surface area contributed by atoms with E-state index in [9.17, 15) is 13.6 Å². The summed E-state index contributed by atoms with van der Waals surface area (Å²) in [5.74, 6) is -1.16. The van der Waals surface area contributed by atoms with E-state index in [0.717, 1.165) is 38.4 Å². The Morgan fingerprint density at radius 1 is 1.28 bits per heavy atom. The highest BCUT2D eigenvalue weighted by molar-refractivity contribution is 5.77. The second kappa shape index (κ2) is 8.06. The van der Waals surface area contributed by atoms with Crippen LogP contribution in [-0.4, -0.2) is 43.2 Å². The molecule has 1 amide bonds. The SMILES string of the molecule is NC(=O)[C@H]1CCO[C@@H]1C1CCN(C/C=C/c2ccc(F)cc2F)CC1. The molecule has 1 aromatic rings. The molecule has 2 heterocycles. The van der Waals surface area contributed by atoms with Crippen LogP contribution >= 0.6 is 0 Å². The van der Waals surface area contributed by atoms with Crippen molar-refractivity contribution in [3.8, 4) is 0 Å². The van der Waals surface area contributed by atoms with Crippen molar-refractivity contribution in [3.05, 3.63) is 41.5 Å². The number of carbonyl (C=O) groups is 1. The van der Waals surface area contributed by atoms with Crippen LogP contribution in [0.5, 0.6) is 0 Å². The number of piperidine rings is 1. The molecule has 3 rings (SSSR count). The normalized spacial score (nSPS) is 25.7. The van der Waals surface area contributed by atoms with E-state index in [1.807, 2.05) is 6.08 Å². The Balaban J connectivity index is 1.48. The van der Waals surface area contributed by atoms with Crippen molar-refractivity contribution in [1.82, 2.24) is 4.90 Å². The first-order valence-electron chi connectivity index (χ1n) is 8.79. The zero-order chi connectivity index (χ0) is 17.8. The molecule has 2 N–H and O–H groups in total. The summed E-state index contributed by atoms with van der Waals surface area (Å²) in [4.78, 5) is 13.8. The van der Waals surface area contributed by atoms with Gasteiger partial charge in [-0.3, -0.25) is 9.69 Å². The molecule has 4 nitrogen and oxygen atoms in total. The number of primary amides is 1. The Bertz CT molecular complexity index is 642. The van der Waals surface area contributed by atoms with Crippen LogP contribution in [0.3, 0.4) is 0 Å². The van der Waals surface area contributed by atoms with Gasteiger partial charge in [0.1, 0.15) is 11.6 Å². The molecular formula is C19H24F2N2O2. The van der Waals surface area contributed by atoms with Gasteiger partial charge in [-0.25, -0.2) is 8.78 Å². The largest absolute Gasteiger partial charge is 0.377 e. The maximum Gasteiger partial charge on any atom is 0.223 e. The number of carbonyl (C=O) groups excluding carboxylic acids is 1. The zero-order valence-electron chi connectivity index (χ0n) is 14.2. The Morgan fingerprint density at radius 2 is 2.04 bits per heavy atom. The molecule has 0 saturated carbocycles. The van der Waals surface area contributed by atoms with Gasteiger partial charge in [0, 0.05) is 24.8 Å². The Hall–Kier alpha value is -1.79. The number of amides is 1. The number of likely N-dealkylation sites (tertiary alicyclic amines) is 1. The lowest BCUT2D eigenvalue weighted by atomic mass is 9.84. The van der Waals surface area contributed by atoms with E-state index in [-0.39, 0.29) is 17.9 Å². The van der Waals surface area contributed by atoms with Gasteiger partial charge in [0.2, 0.25) is 5.91 Å². The fraction of sp³-hybridized carbons (Fsp3) is 0.526. The van der Waals surface area contributed by atoms with Crippen LogP contribution < -0.4 is 5.73 Å². The highest BCUT2D eigenvalue weighted by atomic mass is 19.1. The van der Waals surface area contributed by atoms with E-state index in [1.54, 1.807) is 6.08 Å². The average molecular weight is 350 g/mol. The summed E-state index contributed by atoms with van der Waals surface area (Å²) in [6, 6.07) is 3.59. The molecule has 136 valence electrons. The van der Waals surface area contributed by atoms with Gasteiger partial charge in [0.15, 0.2) is 0 Å². The summed E-state index contributed by atoms with van der Waals surface area (Å²) in [5.41, 5.74) is 5.86. The van der Waals surface area contributed by atoms with Crippen molar-refractivity contribution in [3.63, 3.8) is 0 Å². The van der Waals surface area contributed by atoms with E-state index in [0.29, 0.717) is 24.6 Å². The van der Waals surface area contributed by atoms with Crippen molar-refractivity contribution in [2.24, 2.45) is 17.6 Å². The predicted octanol–water partition coefficient (Wildman–Crippen LogP) is 2.58. The molecule has 25 heavy (non-hydrogen) atoms. The molecule has 1 aromatic carbocycles. The summed E-state index contributed by atoms with van der Waals surface area (Å²) in [7, 11) is 0. The number of halogens is 2. The first kappa shape index (κ1) is 18.0. The minimum Gasteiger partial charge on any atom is -0.377 e. The molecule has 6 heteroatoms. The average Bonchev–Trinajstić information content (AvgIpc) is 3.07. The van der Waals surface area contributed by atoms with E-state index in [4.69, 9.17) is 10.5 Å². The molecule has 0 unspecified atom stereocenters. The molecule has 0 aromatic heterocycles. The first-order valence-corrected chi connectivity index (χ1v) is 8.79. The van der Waals surface area contributed by atoms with Gasteiger partial charge < -0.3 is 10.5 Å². The van der Waals surface area contributed by atoms with Gasteiger partial charge in [-0.2, -0.15) is 0 Å². The fourth-order valence-electron chi connectivity index (χ4n) is 3.81. The van der Waals surface area contributed by atoms with E-state index in [2.05, 4.69) is 4.90 Å². The number of nitrogens with two attached hydrogens (primary N) is 1. The summed E-state index contributed by atoms with van der Waals surface area (Å²) >= 11 is 0. The van der Waals surface area contributed by atoms with E-state index >= 15 is 0 Å². The zero-order valence-corrected chi connectivity index (χ0v) is 14.2. The first-order chi connectivity index (χ1) is 12.0. The molecule has 0 spiro atoms. The number of hydrogen-bond acceptors (Lipinski definition) is 3. The van der Waals surface area contributed by atoms with Gasteiger partial charge in [-0.05, 0) is 50.4 Å². The quantitative estimate of drug-likeness (QED) is 0.888. The number of rotatable bonds is 5. The minimum atomic E-state index is -0.569. The van der Waals surface area contributed by atoms with Crippen molar-refractivity contribution in [2.45, 2.75) is 25.4 Å².